The van der Waals surface area contributed by atoms with Gasteiger partial charge in [-0.2, -0.15) is 0 Å². The summed E-state index contributed by atoms with van der Waals surface area (Å²) in [5, 5.41) is 0. The van der Waals surface area contributed by atoms with Gasteiger partial charge >= 0.3 is 0 Å². The zero-order valence-electron chi connectivity index (χ0n) is 10.8. The largest absolute Gasteiger partial charge is 0.372 e. The first-order chi connectivity index (χ1) is 8.63. The molecule has 0 bridgehead atoms. The van der Waals surface area contributed by atoms with E-state index in [-0.39, 0.29) is 11.9 Å². The fourth-order valence-electron chi connectivity index (χ4n) is 2.16. The summed E-state index contributed by atoms with van der Waals surface area (Å²) in [5.74, 6) is 0.498. The highest BCUT2D eigenvalue weighted by molar-refractivity contribution is 6.18. The SMILES string of the molecule is CC(C)N(CCCl)C(=O)c1ccc2c(c1)COC2. The molecule has 4 heteroatoms. The number of carbonyl (C=O) groups excluding carboxylic acids is 1. The highest BCUT2D eigenvalue weighted by atomic mass is 35.5. The van der Waals surface area contributed by atoms with Crippen molar-refractivity contribution in [3.63, 3.8) is 0 Å². The van der Waals surface area contributed by atoms with Gasteiger partial charge in [0.1, 0.15) is 0 Å². The molecule has 1 aromatic rings. The Morgan fingerprint density at radius 1 is 1.39 bits per heavy atom. The lowest BCUT2D eigenvalue weighted by molar-refractivity contribution is 0.0718. The summed E-state index contributed by atoms with van der Waals surface area (Å²) in [6.07, 6.45) is 0. The van der Waals surface area contributed by atoms with Crippen LogP contribution in [0.15, 0.2) is 18.2 Å². The van der Waals surface area contributed by atoms with E-state index in [0.29, 0.717) is 25.6 Å². The van der Waals surface area contributed by atoms with Gasteiger partial charge in [0.25, 0.3) is 5.91 Å². The minimum absolute atomic E-state index is 0.0420. The molecule has 0 saturated carbocycles. The summed E-state index contributed by atoms with van der Waals surface area (Å²) in [5.41, 5.74) is 3.02. The van der Waals surface area contributed by atoms with Crippen LogP contribution >= 0.6 is 11.6 Å². The summed E-state index contributed by atoms with van der Waals surface area (Å²) < 4.78 is 5.36. The third kappa shape index (κ3) is 2.68. The Morgan fingerprint density at radius 2 is 2.11 bits per heavy atom. The van der Waals surface area contributed by atoms with Crippen molar-refractivity contribution in [3.8, 4) is 0 Å². The van der Waals surface area contributed by atoms with Crippen molar-refractivity contribution >= 4 is 17.5 Å². The number of amides is 1. The molecule has 1 aliphatic heterocycles. The van der Waals surface area contributed by atoms with Crippen LogP contribution in [0.4, 0.5) is 0 Å². The Balaban J connectivity index is 2.22. The predicted molar refractivity (Wildman–Crippen MR) is 71.8 cm³/mol. The van der Waals surface area contributed by atoms with Crippen molar-refractivity contribution in [2.75, 3.05) is 12.4 Å². The monoisotopic (exact) mass is 267 g/mol. The molecule has 3 nitrogen and oxygen atoms in total. The van der Waals surface area contributed by atoms with E-state index in [0.717, 1.165) is 11.1 Å². The second-order valence-electron chi connectivity index (χ2n) is 4.76. The van der Waals surface area contributed by atoms with Gasteiger partial charge in [0.2, 0.25) is 0 Å². The fourth-order valence-corrected chi connectivity index (χ4v) is 2.34. The maximum absolute atomic E-state index is 12.4. The van der Waals surface area contributed by atoms with Crippen molar-refractivity contribution in [3.05, 3.63) is 34.9 Å². The van der Waals surface area contributed by atoms with Gasteiger partial charge in [0.05, 0.1) is 13.2 Å². The van der Waals surface area contributed by atoms with Crippen LogP contribution in [-0.2, 0) is 18.0 Å². The number of rotatable bonds is 4. The zero-order valence-corrected chi connectivity index (χ0v) is 11.5. The molecule has 18 heavy (non-hydrogen) atoms. The van der Waals surface area contributed by atoms with Crippen molar-refractivity contribution in [2.45, 2.75) is 33.1 Å². The second kappa shape index (κ2) is 5.72. The molecule has 0 radical (unpaired) electrons. The van der Waals surface area contributed by atoms with Gasteiger partial charge < -0.3 is 9.64 Å². The Labute approximate surface area is 113 Å². The summed E-state index contributed by atoms with van der Waals surface area (Å²) in [6, 6.07) is 5.95. The highest BCUT2D eigenvalue weighted by Gasteiger charge is 2.20. The van der Waals surface area contributed by atoms with Crippen LogP contribution in [0.2, 0.25) is 0 Å². The summed E-state index contributed by atoms with van der Waals surface area (Å²) >= 11 is 5.75. The Bertz CT molecular complexity index is 445. The molecule has 1 aromatic carbocycles. The number of hydrogen-bond donors (Lipinski definition) is 0. The first-order valence-electron chi connectivity index (χ1n) is 6.20. The summed E-state index contributed by atoms with van der Waals surface area (Å²) in [4.78, 5) is 14.2. The van der Waals surface area contributed by atoms with Gasteiger partial charge in [-0.1, -0.05) is 6.07 Å². The normalized spacial score (nSPS) is 13.8. The first-order valence-corrected chi connectivity index (χ1v) is 6.73. The zero-order chi connectivity index (χ0) is 13.1. The molecule has 0 N–H and O–H groups in total. The smallest absolute Gasteiger partial charge is 0.254 e. The lowest BCUT2D eigenvalue weighted by Gasteiger charge is -2.26. The van der Waals surface area contributed by atoms with Gasteiger partial charge in [0.15, 0.2) is 0 Å². The maximum atomic E-state index is 12.4. The molecule has 0 fully saturated rings. The maximum Gasteiger partial charge on any atom is 0.254 e. The quantitative estimate of drug-likeness (QED) is 0.785. The molecule has 0 saturated heterocycles. The van der Waals surface area contributed by atoms with Gasteiger partial charge in [-0.15, -0.1) is 11.6 Å². The van der Waals surface area contributed by atoms with E-state index >= 15 is 0 Å². The standard InChI is InChI=1S/C14H18ClNO2/c1-10(2)16(6-5-15)14(17)11-3-4-12-8-18-9-13(12)7-11/h3-4,7,10H,5-6,8-9H2,1-2H3. The summed E-state index contributed by atoms with van der Waals surface area (Å²) in [7, 11) is 0. The van der Waals surface area contributed by atoms with Crippen LogP contribution in [0.5, 0.6) is 0 Å². The molecule has 0 unspecified atom stereocenters. The second-order valence-corrected chi connectivity index (χ2v) is 5.14. The summed E-state index contributed by atoms with van der Waals surface area (Å²) in [6.45, 7) is 5.83. The van der Waals surface area contributed by atoms with Gasteiger partial charge in [0, 0.05) is 24.0 Å². The van der Waals surface area contributed by atoms with Gasteiger partial charge in [-0.05, 0) is 37.1 Å². The van der Waals surface area contributed by atoms with E-state index in [1.165, 1.54) is 5.56 Å². The molecule has 98 valence electrons. The minimum Gasteiger partial charge on any atom is -0.372 e. The van der Waals surface area contributed by atoms with Crippen LogP contribution in [0, 0.1) is 0 Å². The lowest BCUT2D eigenvalue weighted by Crippen LogP contribution is -2.38. The number of benzene rings is 1. The number of carbonyl (C=O) groups is 1. The van der Waals surface area contributed by atoms with Crippen molar-refractivity contribution in [1.29, 1.82) is 0 Å². The van der Waals surface area contributed by atoms with Crippen LogP contribution in [0.3, 0.4) is 0 Å². The molecule has 1 aliphatic rings. The van der Waals surface area contributed by atoms with E-state index in [1.54, 1.807) is 4.90 Å². The number of ether oxygens (including phenoxy) is 1. The average molecular weight is 268 g/mol. The first kappa shape index (κ1) is 13.4. The Kier molecular flexibility index (Phi) is 4.25. The van der Waals surface area contributed by atoms with E-state index < -0.39 is 0 Å². The average Bonchev–Trinajstić information content (AvgIpc) is 2.81. The van der Waals surface area contributed by atoms with Crippen molar-refractivity contribution in [2.24, 2.45) is 0 Å². The molecule has 0 aliphatic carbocycles. The molecular formula is C14H18ClNO2. The Hall–Kier alpha value is -1.06. The molecule has 0 atom stereocenters. The van der Waals surface area contributed by atoms with Crippen LogP contribution < -0.4 is 0 Å². The highest BCUT2D eigenvalue weighted by Crippen LogP contribution is 2.22. The van der Waals surface area contributed by atoms with Crippen molar-refractivity contribution in [1.82, 2.24) is 4.90 Å². The Morgan fingerprint density at radius 3 is 2.78 bits per heavy atom. The third-order valence-electron chi connectivity index (χ3n) is 3.18. The van der Waals surface area contributed by atoms with E-state index in [9.17, 15) is 4.79 Å². The van der Waals surface area contributed by atoms with Crippen LogP contribution in [-0.4, -0.2) is 29.3 Å². The van der Waals surface area contributed by atoms with Gasteiger partial charge in [-0.25, -0.2) is 0 Å². The van der Waals surface area contributed by atoms with E-state index in [1.807, 2.05) is 32.0 Å². The molecule has 2 rings (SSSR count). The predicted octanol–water partition coefficient (Wildman–Crippen LogP) is 2.81. The van der Waals surface area contributed by atoms with Crippen LogP contribution in [0.1, 0.15) is 35.3 Å². The molecular weight excluding hydrogens is 250 g/mol. The van der Waals surface area contributed by atoms with Crippen LogP contribution in [0.25, 0.3) is 0 Å². The molecule has 0 aromatic heterocycles. The molecule has 1 amide bonds. The van der Waals surface area contributed by atoms with Crippen molar-refractivity contribution < 1.29 is 9.53 Å². The molecule has 1 heterocycles. The fraction of sp³-hybridized carbons (Fsp3) is 0.500. The number of nitrogens with zero attached hydrogens (tertiary/aromatic N) is 1. The lowest BCUT2D eigenvalue weighted by atomic mass is 10.1. The van der Waals surface area contributed by atoms with Gasteiger partial charge in [-0.3, -0.25) is 4.79 Å². The number of fused-ring (bicyclic) bond motifs is 1. The number of alkyl halides is 1. The topological polar surface area (TPSA) is 29.5 Å². The number of hydrogen-bond acceptors (Lipinski definition) is 2. The van der Waals surface area contributed by atoms with E-state index in [2.05, 4.69) is 0 Å². The number of halogens is 1. The minimum atomic E-state index is 0.0420. The van der Waals surface area contributed by atoms with E-state index in [4.69, 9.17) is 16.3 Å². The molecule has 0 spiro atoms. The third-order valence-corrected chi connectivity index (χ3v) is 3.35.